The first kappa shape index (κ1) is 9.22. The highest BCUT2D eigenvalue weighted by atomic mass is 32.1. The summed E-state index contributed by atoms with van der Waals surface area (Å²) in [5.74, 6) is 0.696. The molecule has 1 aliphatic rings. The molecule has 0 bridgehead atoms. The zero-order chi connectivity index (χ0) is 9.31. The molecule has 1 aromatic heterocycles. The highest BCUT2D eigenvalue weighted by molar-refractivity contribution is 7.08. The molecule has 1 unspecified atom stereocenters. The second-order valence-corrected chi connectivity index (χ2v) is 5.06. The lowest BCUT2D eigenvalue weighted by Gasteiger charge is -2.30. The lowest BCUT2D eigenvalue weighted by Crippen LogP contribution is -2.39. The molecule has 0 radical (unpaired) electrons. The van der Waals surface area contributed by atoms with Gasteiger partial charge in [-0.25, -0.2) is 0 Å². The minimum atomic E-state index is -0.0868. The third-order valence-corrected chi connectivity index (χ3v) is 4.03. The van der Waals surface area contributed by atoms with Gasteiger partial charge in [0.25, 0.3) is 0 Å². The third kappa shape index (κ3) is 1.65. The lowest BCUT2D eigenvalue weighted by molar-refractivity contribution is 0.308. The molecule has 2 heteroatoms. The molecule has 1 saturated carbocycles. The van der Waals surface area contributed by atoms with Gasteiger partial charge in [0.05, 0.1) is 0 Å². The first-order valence-electron chi connectivity index (χ1n) is 5.03. The summed E-state index contributed by atoms with van der Waals surface area (Å²) in [7, 11) is 0. The molecule has 2 rings (SSSR count). The van der Waals surface area contributed by atoms with E-state index in [1.807, 2.05) is 0 Å². The fourth-order valence-electron chi connectivity index (χ4n) is 2.33. The maximum Gasteiger partial charge on any atom is 0.0417 e. The summed E-state index contributed by atoms with van der Waals surface area (Å²) in [5.41, 5.74) is 7.63. The van der Waals surface area contributed by atoms with E-state index in [1.165, 1.54) is 31.2 Å². The van der Waals surface area contributed by atoms with Gasteiger partial charge in [-0.3, -0.25) is 0 Å². The third-order valence-electron chi connectivity index (χ3n) is 3.35. The van der Waals surface area contributed by atoms with Crippen LogP contribution in [0.1, 0.15) is 38.2 Å². The molecule has 1 atom stereocenters. The zero-order valence-corrected chi connectivity index (χ0v) is 8.94. The Kier molecular flexibility index (Phi) is 2.43. The summed E-state index contributed by atoms with van der Waals surface area (Å²) < 4.78 is 0. The Hall–Kier alpha value is -0.340. The van der Waals surface area contributed by atoms with E-state index >= 15 is 0 Å². The van der Waals surface area contributed by atoms with Gasteiger partial charge in [-0.2, -0.15) is 11.3 Å². The molecule has 1 fully saturated rings. The largest absolute Gasteiger partial charge is 0.321 e. The second kappa shape index (κ2) is 3.43. The molecule has 72 valence electrons. The van der Waals surface area contributed by atoms with Crippen LogP contribution in [0.4, 0.5) is 0 Å². The van der Waals surface area contributed by atoms with Crippen LogP contribution in [0.5, 0.6) is 0 Å². The molecule has 0 spiro atoms. The van der Waals surface area contributed by atoms with Gasteiger partial charge in [0, 0.05) is 5.54 Å². The van der Waals surface area contributed by atoms with Crippen LogP contribution in [0, 0.1) is 5.92 Å². The SMILES string of the molecule is CC(N)(c1ccsc1)C1CCCC1. The van der Waals surface area contributed by atoms with Crippen molar-refractivity contribution in [1.29, 1.82) is 0 Å². The molecule has 1 heterocycles. The summed E-state index contributed by atoms with van der Waals surface area (Å²) in [6.07, 6.45) is 5.34. The number of nitrogens with two attached hydrogens (primary N) is 1. The Bertz CT molecular complexity index is 258. The second-order valence-electron chi connectivity index (χ2n) is 4.28. The average molecular weight is 195 g/mol. The molecular weight excluding hydrogens is 178 g/mol. The highest BCUT2D eigenvalue weighted by Gasteiger charge is 2.33. The maximum absolute atomic E-state index is 6.39. The average Bonchev–Trinajstić information content (AvgIpc) is 2.78. The van der Waals surface area contributed by atoms with Crippen LogP contribution in [0.2, 0.25) is 0 Å². The Morgan fingerprint density at radius 1 is 1.46 bits per heavy atom. The standard InChI is InChI=1S/C11H17NS/c1-11(12,9-4-2-3-5-9)10-6-7-13-8-10/h6-9H,2-5,12H2,1H3. The lowest BCUT2D eigenvalue weighted by atomic mass is 9.81. The normalized spacial score (nSPS) is 23.2. The zero-order valence-electron chi connectivity index (χ0n) is 8.12. The predicted octanol–water partition coefficient (Wildman–Crippen LogP) is 3.11. The van der Waals surface area contributed by atoms with Crippen molar-refractivity contribution in [1.82, 2.24) is 0 Å². The summed E-state index contributed by atoms with van der Waals surface area (Å²) in [4.78, 5) is 0. The minimum Gasteiger partial charge on any atom is -0.321 e. The Labute approximate surface area is 84.0 Å². The monoisotopic (exact) mass is 195 g/mol. The summed E-state index contributed by atoms with van der Waals surface area (Å²) >= 11 is 1.75. The molecule has 1 aliphatic carbocycles. The fraction of sp³-hybridized carbons (Fsp3) is 0.636. The van der Waals surface area contributed by atoms with Crippen LogP contribution < -0.4 is 5.73 Å². The minimum absolute atomic E-state index is 0.0868. The van der Waals surface area contributed by atoms with E-state index in [9.17, 15) is 0 Å². The Balaban J connectivity index is 2.19. The smallest absolute Gasteiger partial charge is 0.0417 e. The van der Waals surface area contributed by atoms with Crippen LogP contribution in [0.15, 0.2) is 16.8 Å². The molecule has 0 aliphatic heterocycles. The van der Waals surface area contributed by atoms with E-state index in [0.717, 1.165) is 0 Å². The van der Waals surface area contributed by atoms with Crippen molar-refractivity contribution in [3.05, 3.63) is 22.4 Å². The van der Waals surface area contributed by atoms with E-state index in [1.54, 1.807) is 11.3 Å². The van der Waals surface area contributed by atoms with Crippen LogP contribution in [0.3, 0.4) is 0 Å². The topological polar surface area (TPSA) is 26.0 Å². The number of hydrogen-bond acceptors (Lipinski definition) is 2. The van der Waals surface area contributed by atoms with Crippen molar-refractivity contribution in [3.8, 4) is 0 Å². The van der Waals surface area contributed by atoms with Gasteiger partial charge >= 0.3 is 0 Å². The number of hydrogen-bond donors (Lipinski definition) is 1. The Morgan fingerprint density at radius 2 is 2.15 bits per heavy atom. The van der Waals surface area contributed by atoms with Crippen molar-refractivity contribution >= 4 is 11.3 Å². The molecular formula is C11H17NS. The van der Waals surface area contributed by atoms with E-state index in [-0.39, 0.29) is 5.54 Å². The molecule has 0 aromatic carbocycles. The van der Waals surface area contributed by atoms with Crippen molar-refractivity contribution < 1.29 is 0 Å². The molecule has 0 saturated heterocycles. The van der Waals surface area contributed by atoms with Crippen LogP contribution in [-0.4, -0.2) is 0 Å². The van der Waals surface area contributed by atoms with E-state index in [2.05, 4.69) is 23.8 Å². The molecule has 2 N–H and O–H groups in total. The first-order chi connectivity index (χ1) is 6.21. The van der Waals surface area contributed by atoms with E-state index in [4.69, 9.17) is 5.73 Å². The van der Waals surface area contributed by atoms with Crippen molar-refractivity contribution in [2.45, 2.75) is 38.1 Å². The van der Waals surface area contributed by atoms with Crippen LogP contribution in [0.25, 0.3) is 0 Å². The summed E-state index contributed by atoms with van der Waals surface area (Å²) in [6, 6.07) is 2.17. The van der Waals surface area contributed by atoms with Crippen LogP contribution in [-0.2, 0) is 5.54 Å². The molecule has 0 amide bonds. The van der Waals surface area contributed by atoms with Crippen molar-refractivity contribution in [2.24, 2.45) is 11.7 Å². The van der Waals surface area contributed by atoms with Gasteiger partial charge in [0.1, 0.15) is 0 Å². The van der Waals surface area contributed by atoms with Gasteiger partial charge in [-0.15, -0.1) is 0 Å². The summed E-state index contributed by atoms with van der Waals surface area (Å²) in [5, 5.41) is 4.31. The molecule has 1 aromatic rings. The van der Waals surface area contributed by atoms with E-state index < -0.39 is 0 Å². The van der Waals surface area contributed by atoms with Gasteiger partial charge in [-0.1, -0.05) is 12.8 Å². The summed E-state index contributed by atoms with van der Waals surface area (Å²) in [6.45, 7) is 2.19. The van der Waals surface area contributed by atoms with E-state index in [0.29, 0.717) is 5.92 Å². The Morgan fingerprint density at radius 3 is 2.69 bits per heavy atom. The van der Waals surface area contributed by atoms with Gasteiger partial charge in [0.15, 0.2) is 0 Å². The highest BCUT2D eigenvalue weighted by Crippen LogP contribution is 2.38. The fourth-order valence-corrected chi connectivity index (χ4v) is 3.12. The van der Waals surface area contributed by atoms with Crippen LogP contribution >= 0.6 is 11.3 Å². The van der Waals surface area contributed by atoms with Gasteiger partial charge < -0.3 is 5.73 Å². The number of thiophene rings is 1. The predicted molar refractivity (Wildman–Crippen MR) is 57.8 cm³/mol. The molecule has 13 heavy (non-hydrogen) atoms. The number of rotatable bonds is 2. The van der Waals surface area contributed by atoms with Gasteiger partial charge in [0.2, 0.25) is 0 Å². The first-order valence-corrected chi connectivity index (χ1v) is 5.97. The molecule has 1 nitrogen and oxygen atoms in total. The van der Waals surface area contributed by atoms with Crippen molar-refractivity contribution in [3.63, 3.8) is 0 Å². The van der Waals surface area contributed by atoms with Crippen molar-refractivity contribution in [2.75, 3.05) is 0 Å². The van der Waals surface area contributed by atoms with Gasteiger partial charge in [-0.05, 0) is 48.1 Å². The quantitative estimate of drug-likeness (QED) is 0.771. The maximum atomic E-state index is 6.39.